The van der Waals surface area contributed by atoms with Crippen LogP contribution in [0.1, 0.15) is 12.5 Å². The van der Waals surface area contributed by atoms with Gasteiger partial charge in [-0.2, -0.15) is 5.26 Å². The van der Waals surface area contributed by atoms with E-state index < -0.39 is 22.5 Å². The van der Waals surface area contributed by atoms with Gasteiger partial charge in [0.15, 0.2) is 0 Å². The monoisotopic (exact) mass is 387 g/mol. The van der Waals surface area contributed by atoms with Crippen LogP contribution in [0.4, 0.5) is 11.4 Å². The van der Waals surface area contributed by atoms with Crippen LogP contribution >= 0.6 is 0 Å². The molecule has 2 N–H and O–H groups in total. The lowest BCUT2D eigenvalue weighted by Gasteiger charge is -2.23. The number of carboxylic acid groups (broad SMARTS) is 1. The number of amides is 1. The van der Waals surface area contributed by atoms with Crippen molar-refractivity contribution < 1.29 is 23.1 Å². The number of anilines is 2. The molecule has 1 amide bonds. The molecular formula is C18H17N3O5S. The third-order valence-corrected chi connectivity index (χ3v) is 5.34. The van der Waals surface area contributed by atoms with E-state index in [2.05, 4.69) is 5.32 Å². The van der Waals surface area contributed by atoms with Gasteiger partial charge in [-0.3, -0.25) is 13.9 Å². The zero-order chi connectivity index (χ0) is 20.0. The Balaban J connectivity index is 2.40. The molecule has 0 aliphatic heterocycles. The summed E-state index contributed by atoms with van der Waals surface area (Å²) < 4.78 is 26.6. The summed E-state index contributed by atoms with van der Waals surface area (Å²) in [5.74, 6) is -1.61. The number of benzene rings is 2. The smallest absolute Gasteiger partial charge is 0.324 e. The Kier molecular flexibility index (Phi) is 6.15. The van der Waals surface area contributed by atoms with Crippen LogP contribution in [0.15, 0.2) is 53.4 Å². The second-order valence-corrected chi connectivity index (χ2v) is 7.47. The van der Waals surface area contributed by atoms with Gasteiger partial charge in [0, 0.05) is 12.6 Å². The quantitative estimate of drug-likeness (QED) is 0.748. The highest BCUT2D eigenvalue weighted by Crippen LogP contribution is 2.25. The van der Waals surface area contributed by atoms with Crippen molar-refractivity contribution in [1.82, 2.24) is 0 Å². The van der Waals surface area contributed by atoms with Crippen LogP contribution in [0.2, 0.25) is 0 Å². The number of hydrogen-bond donors (Lipinski definition) is 2. The zero-order valence-corrected chi connectivity index (χ0v) is 15.2. The maximum Gasteiger partial charge on any atom is 0.324 e. The van der Waals surface area contributed by atoms with Crippen molar-refractivity contribution in [3.63, 3.8) is 0 Å². The van der Waals surface area contributed by atoms with Gasteiger partial charge < -0.3 is 10.4 Å². The van der Waals surface area contributed by atoms with E-state index in [4.69, 9.17) is 10.4 Å². The molecule has 0 fully saturated rings. The van der Waals surface area contributed by atoms with Gasteiger partial charge in [0.1, 0.15) is 6.54 Å². The van der Waals surface area contributed by atoms with Gasteiger partial charge in [0.2, 0.25) is 5.91 Å². The molecule has 0 bridgehead atoms. The van der Waals surface area contributed by atoms with Crippen molar-refractivity contribution in [1.29, 1.82) is 5.26 Å². The molecule has 27 heavy (non-hydrogen) atoms. The Morgan fingerprint density at radius 1 is 1.11 bits per heavy atom. The van der Waals surface area contributed by atoms with Crippen molar-refractivity contribution in [3.8, 4) is 6.07 Å². The fourth-order valence-electron chi connectivity index (χ4n) is 2.35. The van der Waals surface area contributed by atoms with Gasteiger partial charge in [-0.15, -0.1) is 0 Å². The van der Waals surface area contributed by atoms with Gasteiger partial charge >= 0.3 is 5.97 Å². The fourth-order valence-corrected chi connectivity index (χ4v) is 3.76. The molecule has 2 rings (SSSR count). The normalized spacial score (nSPS) is 10.7. The number of aliphatic carboxylic acids is 1. The summed E-state index contributed by atoms with van der Waals surface area (Å²) in [6, 6.07) is 13.5. The second kappa shape index (κ2) is 8.33. The first-order valence-corrected chi connectivity index (χ1v) is 9.26. The van der Waals surface area contributed by atoms with Crippen LogP contribution in [0.5, 0.6) is 0 Å². The highest BCUT2D eigenvalue weighted by atomic mass is 32.2. The minimum atomic E-state index is -4.14. The van der Waals surface area contributed by atoms with Gasteiger partial charge in [0.05, 0.1) is 23.1 Å². The van der Waals surface area contributed by atoms with E-state index >= 15 is 0 Å². The van der Waals surface area contributed by atoms with Gasteiger partial charge in [-0.1, -0.05) is 12.1 Å². The van der Waals surface area contributed by atoms with Crippen molar-refractivity contribution in [2.24, 2.45) is 0 Å². The fraction of sp³-hybridized carbons (Fsp3) is 0.167. The van der Waals surface area contributed by atoms with Crippen molar-refractivity contribution in [3.05, 3.63) is 54.1 Å². The van der Waals surface area contributed by atoms with Crippen LogP contribution in [0.3, 0.4) is 0 Å². The Morgan fingerprint density at radius 2 is 1.70 bits per heavy atom. The lowest BCUT2D eigenvalue weighted by Crippen LogP contribution is -2.35. The third-order valence-electron chi connectivity index (χ3n) is 3.55. The molecule has 0 spiro atoms. The van der Waals surface area contributed by atoms with E-state index in [0.29, 0.717) is 11.3 Å². The van der Waals surface area contributed by atoms with Crippen LogP contribution < -0.4 is 9.62 Å². The number of carbonyl (C=O) groups excluding carboxylic acids is 1. The number of nitriles is 1. The van der Waals surface area contributed by atoms with Gasteiger partial charge in [-0.25, -0.2) is 8.42 Å². The van der Waals surface area contributed by atoms with Crippen LogP contribution in [0, 0.1) is 11.3 Å². The molecule has 0 unspecified atom stereocenters. The van der Waals surface area contributed by atoms with E-state index in [9.17, 15) is 18.0 Å². The van der Waals surface area contributed by atoms with E-state index in [1.165, 1.54) is 43.3 Å². The van der Waals surface area contributed by atoms with E-state index in [1.54, 1.807) is 12.1 Å². The number of nitrogens with one attached hydrogen (secondary N) is 1. The molecule has 0 heterocycles. The summed E-state index contributed by atoms with van der Waals surface area (Å²) in [5.41, 5.74) is 1.28. The lowest BCUT2D eigenvalue weighted by atomic mass is 10.1. The first-order chi connectivity index (χ1) is 12.7. The van der Waals surface area contributed by atoms with Crippen molar-refractivity contribution in [2.45, 2.75) is 18.2 Å². The van der Waals surface area contributed by atoms with E-state index in [0.717, 1.165) is 4.31 Å². The molecule has 140 valence electrons. The predicted molar refractivity (Wildman–Crippen MR) is 98.7 cm³/mol. The molecule has 0 aromatic heterocycles. The number of carboxylic acids is 1. The molecular weight excluding hydrogens is 370 g/mol. The molecule has 0 aliphatic rings. The summed E-state index contributed by atoms with van der Waals surface area (Å²) in [6.07, 6.45) is 0.163. The summed E-state index contributed by atoms with van der Waals surface area (Å²) in [7, 11) is -4.14. The number of nitrogens with zero attached hydrogens (tertiary/aromatic N) is 2. The molecule has 9 heteroatoms. The molecule has 2 aromatic rings. The van der Waals surface area contributed by atoms with Crippen LogP contribution in [0.25, 0.3) is 0 Å². The Labute approximate surface area is 156 Å². The van der Waals surface area contributed by atoms with Crippen LogP contribution in [-0.2, 0) is 26.0 Å². The first-order valence-electron chi connectivity index (χ1n) is 7.82. The van der Waals surface area contributed by atoms with Gasteiger partial charge in [-0.05, 0) is 42.0 Å². The van der Waals surface area contributed by atoms with Crippen LogP contribution in [-0.4, -0.2) is 31.9 Å². The highest BCUT2D eigenvalue weighted by molar-refractivity contribution is 7.92. The maximum absolute atomic E-state index is 12.9. The standard InChI is InChI=1S/C18H17N3O5S/c1-13(22)20-15-4-8-17(9-5-15)27(25,26)21(12-18(23)24)16-6-2-14(3-7-16)10-11-19/h2-9H,10,12H2,1H3,(H,20,22)(H,23,24). The van der Waals surface area contributed by atoms with Gasteiger partial charge in [0.25, 0.3) is 10.0 Å². The predicted octanol–water partition coefficient (Wildman–Crippen LogP) is 1.99. The summed E-state index contributed by atoms with van der Waals surface area (Å²) in [5, 5.41) is 20.4. The average Bonchev–Trinajstić information content (AvgIpc) is 2.60. The Morgan fingerprint density at radius 3 is 2.19 bits per heavy atom. The topological polar surface area (TPSA) is 128 Å². The summed E-state index contributed by atoms with van der Waals surface area (Å²) >= 11 is 0. The summed E-state index contributed by atoms with van der Waals surface area (Å²) in [4.78, 5) is 22.2. The molecule has 0 radical (unpaired) electrons. The summed E-state index contributed by atoms with van der Waals surface area (Å²) in [6.45, 7) is 0.572. The number of carbonyl (C=O) groups is 2. The molecule has 0 saturated carbocycles. The first kappa shape index (κ1) is 19.9. The SMILES string of the molecule is CC(=O)Nc1ccc(S(=O)(=O)N(CC(=O)O)c2ccc(CC#N)cc2)cc1. The number of rotatable bonds is 7. The van der Waals surface area contributed by atoms with E-state index in [-0.39, 0.29) is 22.9 Å². The molecule has 8 nitrogen and oxygen atoms in total. The highest BCUT2D eigenvalue weighted by Gasteiger charge is 2.27. The van der Waals surface area contributed by atoms with Crippen molar-refractivity contribution in [2.75, 3.05) is 16.2 Å². The largest absolute Gasteiger partial charge is 0.480 e. The maximum atomic E-state index is 12.9. The minimum Gasteiger partial charge on any atom is -0.480 e. The molecule has 2 aromatic carbocycles. The molecule has 0 aliphatic carbocycles. The zero-order valence-electron chi connectivity index (χ0n) is 14.4. The minimum absolute atomic E-state index is 0.112. The Hall–Kier alpha value is -3.38. The molecule has 0 atom stereocenters. The third kappa shape index (κ3) is 5.05. The van der Waals surface area contributed by atoms with Crippen molar-refractivity contribution >= 4 is 33.3 Å². The van der Waals surface area contributed by atoms with E-state index in [1.807, 2.05) is 6.07 Å². The number of sulfonamides is 1. The second-order valence-electron chi connectivity index (χ2n) is 5.61. The lowest BCUT2D eigenvalue weighted by molar-refractivity contribution is -0.135. The average molecular weight is 387 g/mol. The number of hydrogen-bond acceptors (Lipinski definition) is 5. The molecule has 0 saturated heterocycles. The Bertz CT molecular complexity index is 977.